The fraction of sp³-hybridized carbons (Fsp3) is 0.214. The zero-order valence-corrected chi connectivity index (χ0v) is 11.5. The average Bonchev–Trinajstić information content (AvgIpc) is 2.78. The molecule has 0 amide bonds. The van der Waals surface area contributed by atoms with Crippen LogP contribution in [0, 0.1) is 0 Å². The van der Waals surface area contributed by atoms with Crippen LogP contribution in [0.5, 0.6) is 12.0 Å². The van der Waals surface area contributed by atoms with Crippen LogP contribution in [0.4, 0.5) is 5.82 Å². The summed E-state index contributed by atoms with van der Waals surface area (Å²) in [7, 11) is 0. The van der Waals surface area contributed by atoms with E-state index < -0.39 is 0 Å². The minimum absolute atomic E-state index is 0.150. The first kappa shape index (κ1) is 13.2. The summed E-state index contributed by atoms with van der Waals surface area (Å²) in [5.74, 6) is 0.186. The highest BCUT2D eigenvalue weighted by Gasteiger charge is 2.16. The van der Waals surface area contributed by atoms with Crippen molar-refractivity contribution in [1.82, 2.24) is 19.5 Å². The molecular weight excluding hydrogens is 270 g/mol. The van der Waals surface area contributed by atoms with Gasteiger partial charge in [-0.3, -0.25) is 4.57 Å². The molecule has 108 valence electrons. The maximum Gasteiger partial charge on any atom is 0.320 e. The van der Waals surface area contributed by atoms with E-state index in [0.29, 0.717) is 24.3 Å². The van der Waals surface area contributed by atoms with Crippen molar-refractivity contribution in [2.24, 2.45) is 0 Å². The lowest BCUT2D eigenvalue weighted by Gasteiger charge is -2.06. The summed E-state index contributed by atoms with van der Waals surface area (Å²) in [6.45, 7) is 2.71. The fourth-order valence-corrected chi connectivity index (χ4v) is 2.09. The molecule has 3 rings (SSSR count). The van der Waals surface area contributed by atoms with Crippen molar-refractivity contribution in [3.05, 3.63) is 35.9 Å². The van der Waals surface area contributed by atoms with Crippen LogP contribution in [-0.4, -0.2) is 31.2 Å². The van der Waals surface area contributed by atoms with E-state index in [1.54, 1.807) is 4.57 Å². The van der Waals surface area contributed by atoms with Crippen LogP contribution in [0.15, 0.2) is 30.3 Å². The summed E-state index contributed by atoms with van der Waals surface area (Å²) in [4.78, 5) is 12.3. The van der Waals surface area contributed by atoms with E-state index in [9.17, 15) is 5.11 Å². The van der Waals surface area contributed by atoms with E-state index in [-0.39, 0.29) is 17.8 Å². The highest BCUT2D eigenvalue weighted by Crippen LogP contribution is 2.25. The molecule has 3 N–H and O–H groups in total. The maximum atomic E-state index is 10.0. The van der Waals surface area contributed by atoms with Gasteiger partial charge in [0.15, 0.2) is 17.0 Å². The Kier molecular flexibility index (Phi) is 3.31. The number of aromatic nitrogens is 4. The van der Waals surface area contributed by atoms with Crippen LogP contribution in [0.25, 0.3) is 11.2 Å². The molecule has 0 bridgehead atoms. The molecule has 7 heteroatoms. The van der Waals surface area contributed by atoms with Gasteiger partial charge in [0, 0.05) is 0 Å². The Bertz CT molecular complexity index is 770. The summed E-state index contributed by atoms with van der Waals surface area (Å²) in [6, 6.07) is 9.74. The Labute approximate surface area is 121 Å². The summed E-state index contributed by atoms with van der Waals surface area (Å²) >= 11 is 0. The first-order valence-corrected chi connectivity index (χ1v) is 6.58. The van der Waals surface area contributed by atoms with Crippen molar-refractivity contribution in [1.29, 1.82) is 0 Å². The molecule has 0 aliphatic rings. The van der Waals surface area contributed by atoms with Crippen LogP contribution in [0.3, 0.4) is 0 Å². The van der Waals surface area contributed by atoms with Gasteiger partial charge in [-0.15, -0.1) is 0 Å². The van der Waals surface area contributed by atoms with Gasteiger partial charge in [0.05, 0.1) is 13.2 Å². The third kappa shape index (κ3) is 2.45. The Hall–Kier alpha value is -2.83. The largest absolute Gasteiger partial charge is 0.480 e. The Morgan fingerprint density at radius 1 is 1.19 bits per heavy atom. The molecule has 21 heavy (non-hydrogen) atoms. The van der Waals surface area contributed by atoms with E-state index in [1.165, 1.54) is 0 Å². The second-order valence-corrected chi connectivity index (χ2v) is 4.48. The van der Waals surface area contributed by atoms with E-state index >= 15 is 0 Å². The normalized spacial score (nSPS) is 10.9. The number of anilines is 1. The highest BCUT2D eigenvalue weighted by atomic mass is 16.5. The number of nitrogen functional groups attached to an aromatic ring is 1. The van der Waals surface area contributed by atoms with E-state index in [4.69, 9.17) is 10.5 Å². The number of fused-ring (bicyclic) bond motifs is 1. The number of nitrogens with two attached hydrogens (primary N) is 1. The fourth-order valence-electron chi connectivity index (χ4n) is 2.09. The van der Waals surface area contributed by atoms with Crippen LogP contribution in [0.2, 0.25) is 0 Å². The Morgan fingerprint density at radius 2 is 1.95 bits per heavy atom. The van der Waals surface area contributed by atoms with E-state index in [2.05, 4.69) is 15.0 Å². The molecule has 2 aromatic heterocycles. The van der Waals surface area contributed by atoms with Gasteiger partial charge in [0.1, 0.15) is 0 Å². The highest BCUT2D eigenvalue weighted by molar-refractivity contribution is 5.83. The van der Waals surface area contributed by atoms with Crippen molar-refractivity contribution >= 4 is 17.0 Å². The molecule has 3 aromatic rings. The third-order valence-corrected chi connectivity index (χ3v) is 3.04. The SMILES string of the molecule is CCOc1nc(N)c2nc(O)n(Cc3ccccc3)c2n1. The molecule has 0 saturated heterocycles. The number of aromatic hydroxyl groups is 1. The van der Waals surface area contributed by atoms with Crippen LogP contribution in [-0.2, 0) is 6.54 Å². The molecule has 0 fully saturated rings. The van der Waals surface area contributed by atoms with Crippen molar-refractivity contribution in [2.75, 3.05) is 12.3 Å². The van der Waals surface area contributed by atoms with E-state index in [1.807, 2.05) is 37.3 Å². The Balaban J connectivity index is 2.10. The first-order chi connectivity index (χ1) is 10.2. The van der Waals surface area contributed by atoms with Crippen molar-refractivity contribution < 1.29 is 9.84 Å². The van der Waals surface area contributed by atoms with Gasteiger partial charge in [0.2, 0.25) is 0 Å². The molecule has 0 spiro atoms. The molecule has 0 aliphatic carbocycles. The minimum Gasteiger partial charge on any atom is -0.480 e. The van der Waals surface area contributed by atoms with Gasteiger partial charge in [-0.05, 0) is 12.5 Å². The number of rotatable bonds is 4. The predicted molar refractivity (Wildman–Crippen MR) is 78.1 cm³/mol. The topological polar surface area (TPSA) is 99.1 Å². The quantitative estimate of drug-likeness (QED) is 0.754. The predicted octanol–water partition coefficient (Wildman–Crippen LogP) is 1.56. The van der Waals surface area contributed by atoms with Crippen molar-refractivity contribution in [2.45, 2.75) is 13.5 Å². The lowest BCUT2D eigenvalue weighted by molar-refractivity contribution is 0.314. The molecule has 0 unspecified atom stereocenters. The summed E-state index contributed by atoms with van der Waals surface area (Å²) < 4.78 is 6.86. The van der Waals surface area contributed by atoms with Gasteiger partial charge in [-0.2, -0.15) is 15.0 Å². The zero-order chi connectivity index (χ0) is 14.8. The zero-order valence-electron chi connectivity index (χ0n) is 11.5. The molecule has 0 saturated carbocycles. The average molecular weight is 285 g/mol. The van der Waals surface area contributed by atoms with Crippen LogP contribution < -0.4 is 10.5 Å². The number of imidazole rings is 1. The minimum atomic E-state index is -0.150. The molecule has 2 heterocycles. The molecule has 1 aromatic carbocycles. The van der Waals surface area contributed by atoms with Crippen LogP contribution >= 0.6 is 0 Å². The van der Waals surface area contributed by atoms with Crippen molar-refractivity contribution in [3.63, 3.8) is 0 Å². The standard InChI is InChI=1S/C14H15N5O2/c1-2-21-13-17-11(15)10-12(18-13)19(14(20)16-10)8-9-6-4-3-5-7-9/h3-7H,2,8H2,1H3,(H,16,20)(H2,15,17,18). The second-order valence-electron chi connectivity index (χ2n) is 4.48. The summed E-state index contributed by atoms with van der Waals surface area (Å²) in [5, 5.41) is 10.0. The number of hydrogen-bond donors (Lipinski definition) is 2. The number of benzene rings is 1. The van der Waals surface area contributed by atoms with Gasteiger partial charge >= 0.3 is 6.01 Å². The van der Waals surface area contributed by atoms with Gasteiger partial charge in [0.25, 0.3) is 6.01 Å². The van der Waals surface area contributed by atoms with E-state index in [0.717, 1.165) is 5.56 Å². The maximum absolute atomic E-state index is 10.0. The first-order valence-electron chi connectivity index (χ1n) is 6.58. The second kappa shape index (κ2) is 5.28. The van der Waals surface area contributed by atoms with Gasteiger partial charge in [-0.1, -0.05) is 30.3 Å². The smallest absolute Gasteiger partial charge is 0.320 e. The number of hydrogen-bond acceptors (Lipinski definition) is 6. The molecule has 0 radical (unpaired) electrons. The third-order valence-electron chi connectivity index (χ3n) is 3.04. The molecular formula is C14H15N5O2. The molecule has 0 aliphatic heterocycles. The van der Waals surface area contributed by atoms with Gasteiger partial charge < -0.3 is 15.6 Å². The lowest BCUT2D eigenvalue weighted by atomic mass is 10.2. The van der Waals surface area contributed by atoms with Crippen molar-refractivity contribution in [3.8, 4) is 12.0 Å². The molecule has 0 atom stereocenters. The summed E-state index contributed by atoms with van der Waals surface area (Å²) in [6.07, 6.45) is 0. The van der Waals surface area contributed by atoms with Crippen LogP contribution in [0.1, 0.15) is 12.5 Å². The lowest BCUT2D eigenvalue weighted by Crippen LogP contribution is -2.04. The summed E-state index contributed by atoms with van der Waals surface area (Å²) in [5.41, 5.74) is 7.68. The molecule has 7 nitrogen and oxygen atoms in total. The number of ether oxygens (including phenoxy) is 1. The van der Waals surface area contributed by atoms with Gasteiger partial charge in [-0.25, -0.2) is 0 Å². The number of nitrogens with zero attached hydrogens (tertiary/aromatic N) is 4. The monoisotopic (exact) mass is 285 g/mol. The Morgan fingerprint density at radius 3 is 2.67 bits per heavy atom.